The third-order valence-electron chi connectivity index (χ3n) is 3.16. The number of carbonyl (C=O) groups excluding carboxylic acids is 1. The molecule has 1 atom stereocenters. The first-order valence-electron chi connectivity index (χ1n) is 6.16. The van der Waals surface area contributed by atoms with Crippen molar-refractivity contribution in [2.75, 3.05) is 18.5 Å². The van der Waals surface area contributed by atoms with Gasteiger partial charge in [0, 0.05) is 11.4 Å². The number of hydrogen-bond acceptors (Lipinski definition) is 3. The van der Waals surface area contributed by atoms with Crippen LogP contribution >= 0.6 is 11.8 Å². The number of amides is 1. The molecule has 104 valence electrons. The molecule has 1 aliphatic rings. The molecule has 0 aromatic heterocycles. The van der Waals surface area contributed by atoms with E-state index in [9.17, 15) is 13.6 Å². The fourth-order valence-electron chi connectivity index (χ4n) is 2.26. The second-order valence-corrected chi connectivity index (χ2v) is 5.35. The van der Waals surface area contributed by atoms with E-state index >= 15 is 0 Å². The first-order chi connectivity index (χ1) is 9.13. The Morgan fingerprint density at radius 1 is 1.42 bits per heavy atom. The SMILES string of the molecule is CNC1CCCN(c2ccccc2SC(F)F)C1=O. The minimum atomic E-state index is -2.49. The molecule has 2 rings (SSSR count). The lowest BCUT2D eigenvalue weighted by molar-refractivity contribution is -0.121. The van der Waals surface area contributed by atoms with Crippen molar-refractivity contribution in [3.05, 3.63) is 24.3 Å². The van der Waals surface area contributed by atoms with Gasteiger partial charge in [-0.1, -0.05) is 23.9 Å². The molecule has 1 aliphatic heterocycles. The molecule has 1 fully saturated rings. The molecule has 0 saturated carbocycles. The lowest BCUT2D eigenvalue weighted by atomic mass is 10.0. The van der Waals surface area contributed by atoms with Crippen LogP contribution in [-0.2, 0) is 4.79 Å². The summed E-state index contributed by atoms with van der Waals surface area (Å²) in [6.07, 6.45) is 1.65. The lowest BCUT2D eigenvalue weighted by Gasteiger charge is -2.33. The summed E-state index contributed by atoms with van der Waals surface area (Å²) in [5, 5.41) is 2.97. The summed E-state index contributed by atoms with van der Waals surface area (Å²) in [5.41, 5.74) is 0.581. The van der Waals surface area contributed by atoms with Gasteiger partial charge in [0.05, 0.1) is 11.7 Å². The first kappa shape index (κ1) is 14.3. The number of hydrogen-bond donors (Lipinski definition) is 1. The Hall–Kier alpha value is -1.14. The molecule has 3 nitrogen and oxygen atoms in total. The molecule has 0 spiro atoms. The van der Waals surface area contributed by atoms with E-state index in [-0.39, 0.29) is 11.9 Å². The van der Waals surface area contributed by atoms with Crippen LogP contribution in [0.2, 0.25) is 0 Å². The fourth-order valence-corrected chi connectivity index (χ4v) is 2.91. The molecule has 1 aromatic rings. The Kier molecular flexibility index (Phi) is 4.76. The Labute approximate surface area is 115 Å². The smallest absolute Gasteiger partial charge is 0.288 e. The molecule has 1 heterocycles. The average Bonchev–Trinajstić information content (AvgIpc) is 2.39. The van der Waals surface area contributed by atoms with Gasteiger partial charge in [-0.25, -0.2) is 0 Å². The van der Waals surface area contributed by atoms with Crippen LogP contribution in [0.15, 0.2) is 29.2 Å². The van der Waals surface area contributed by atoms with Gasteiger partial charge in [0.25, 0.3) is 5.76 Å². The van der Waals surface area contributed by atoms with Crippen molar-refractivity contribution in [3.63, 3.8) is 0 Å². The molecular weight excluding hydrogens is 270 g/mol. The number of halogens is 2. The van der Waals surface area contributed by atoms with Gasteiger partial charge >= 0.3 is 0 Å². The number of piperidine rings is 1. The number of thioether (sulfide) groups is 1. The Morgan fingerprint density at radius 2 is 2.16 bits per heavy atom. The van der Waals surface area contributed by atoms with Crippen molar-refractivity contribution in [3.8, 4) is 0 Å². The quantitative estimate of drug-likeness (QED) is 0.864. The maximum Gasteiger partial charge on any atom is 0.288 e. The van der Waals surface area contributed by atoms with Crippen LogP contribution in [0, 0.1) is 0 Å². The number of likely N-dealkylation sites (N-methyl/N-ethyl adjacent to an activating group) is 1. The molecule has 1 saturated heterocycles. The number of para-hydroxylation sites is 1. The predicted molar refractivity (Wildman–Crippen MR) is 72.7 cm³/mol. The van der Waals surface area contributed by atoms with E-state index in [4.69, 9.17) is 0 Å². The Morgan fingerprint density at radius 3 is 2.84 bits per heavy atom. The number of benzene rings is 1. The summed E-state index contributed by atoms with van der Waals surface area (Å²) in [7, 11) is 1.74. The number of carbonyl (C=O) groups is 1. The van der Waals surface area contributed by atoms with Crippen LogP contribution in [0.3, 0.4) is 0 Å². The van der Waals surface area contributed by atoms with E-state index in [0.29, 0.717) is 28.9 Å². The van der Waals surface area contributed by atoms with Crippen molar-refractivity contribution in [1.82, 2.24) is 5.32 Å². The zero-order valence-corrected chi connectivity index (χ0v) is 11.4. The van der Waals surface area contributed by atoms with Crippen molar-refractivity contribution in [2.45, 2.75) is 29.5 Å². The standard InChI is InChI=1S/C13H16F2N2OS/c1-16-9-5-4-8-17(12(9)18)10-6-2-3-7-11(10)19-13(14)15/h2-3,6-7,9,13,16H,4-5,8H2,1H3. The Bertz CT molecular complexity index is 456. The number of alkyl halides is 2. The molecule has 1 amide bonds. The van der Waals surface area contributed by atoms with Crippen LogP contribution in [0.5, 0.6) is 0 Å². The van der Waals surface area contributed by atoms with Crippen LogP contribution < -0.4 is 10.2 Å². The van der Waals surface area contributed by atoms with Gasteiger partial charge in [-0.3, -0.25) is 4.79 Å². The van der Waals surface area contributed by atoms with Gasteiger partial charge in [-0.15, -0.1) is 0 Å². The molecule has 0 radical (unpaired) electrons. The van der Waals surface area contributed by atoms with Crippen molar-refractivity contribution < 1.29 is 13.6 Å². The molecule has 1 N–H and O–H groups in total. The van der Waals surface area contributed by atoms with Gasteiger partial charge in [-0.2, -0.15) is 8.78 Å². The van der Waals surface area contributed by atoms with Gasteiger partial charge in [0.2, 0.25) is 5.91 Å². The van der Waals surface area contributed by atoms with E-state index in [1.165, 1.54) is 0 Å². The highest BCUT2D eigenvalue weighted by Crippen LogP contribution is 2.35. The maximum atomic E-state index is 12.6. The number of rotatable bonds is 4. The highest BCUT2D eigenvalue weighted by Gasteiger charge is 2.29. The maximum absolute atomic E-state index is 12.6. The molecule has 1 unspecified atom stereocenters. The Balaban J connectivity index is 2.27. The van der Waals surface area contributed by atoms with Crippen molar-refractivity contribution in [1.29, 1.82) is 0 Å². The first-order valence-corrected chi connectivity index (χ1v) is 7.04. The van der Waals surface area contributed by atoms with E-state index < -0.39 is 5.76 Å². The van der Waals surface area contributed by atoms with Crippen LogP contribution in [-0.4, -0.2) is 31.3 Å². The monoisotopic (exact) mass is 286 g/mol. The van der Waals surface area contributed by atoms with Crippen molar-refractivity contribution in [2.24, 2.45) is 0 Å². The highest BCUT2D eigenvalue weighted by molar-refractivity contribution is 7.99. The van der Waals surface area contributed by atoms with Crippen LogP contribution in [0.25, 0.3) is 0 Å². The summed E-state index contributed by atoms with van der Waals surface area (Å²) in [6, 6.07) is 6.60. The average molecular weight is 286 g/mol. The normalized spacial score (nSPS) is 20.1. The summed E-state index contributed by atoms with van der Waals surface area (Å²) < 4.78 is 25.1. The molecule has 1 aromatic carbocycles. The lowest BCUT2D eigenvalue weighted by Crippen LogP contribution is -2.50. The number of nitrogens with zero attached hydrogens (tertiary/aromatic N) is 1. The van der Waals surface area contributed by atoms with Crippen molar-refractivity contribution >= 4 is 23.4 Å². The minimum Gasteiger partial charge on any atom is -0.310 e. The van der Waals surface area contributed by atoms with Gasteiger partial charge in [-0.05, 0) is 32.0 Å². The second-order valence-electron chi connectivity index (χ2n) is 4.32. The van der Waals surface area contributed by atoms with Gasteiger partial charge < -0.3 is 10.2 Å². The predicted octanol–water partition coefficient (Wildman–Crippen LogP) is 2.72. The zero-order valence-electron chi connectivity index (χ0n) is 10.6. The molecule has 0 bridgehead atoms. The molecule has 0 aliphatic carbocycles. The zero-order chi connectivity index (χ0) is 13.8. The second kappa shape index (κ2) is 6.34. The third-order valence-corrected chi connectivity index (χ3v) is 3.94. The van der Waals surface area contributed by atoms with Crippen LogP contribution in [0.4, 0.5) is 14.5 Å². The fraction of sp³-hybridized carbons (Fsp3) is 0.462. The summed E-state index contributed by atoms with van der Waals surface area (Å²) in [5.74, 6) is -2.53. The number of nitrogens with one attached hydrogen (secondary N) is 1. The molecule has 19 heavy (non-hydrogen) atoms. The van der Waals surface area contributed by atoms with Crippen LogP contribution in [0.1, 0.15) is 12.8 Å². The highest BCUT2D eigenvalue weighted by atomic mass is 32.2. The van der Waals surface area contributed by atoms with Gasteiger partial charge in [0.1, 0.15) is 0 Å². The van der Waals surface area contributed by atoms with E-state index in [1.807, 2.05) is 0 Å². The minimum absolute atomic E-state index is 0.0453. The van der Waals surface area contributed by atoms with E-state index in [2.05, 4.69) is 5.32 Å². The van der Waals surface area contributed by atoms with Gasteiger partial charge in [0.15, 0.2) is 0 Å². The molecular formula is C13H16F2N2OS. The molecule has 6 heteroatoms. The summed E-state index contributed by atoms with van der Waals surface area (Å²) >= 11 is 0.482. The largest absolute Gasteiger partial charge is 0.310 e. The van der Waals surface area contributed by atoms with E-state index in [1.54, 1.807) is 36.2 Å². The third kappa shape index (κ3) is 3.25. The topological polar surface area (TPSA) is 32.3 Å². The van der Waals surface area contributed by atoms with E-state index in [0.717, 1.165) is 12.8 Å². The number of anilines is 1. The summed E-state index contributed by atoms with van der Waals surface area (Å²) in [4.78, 5) is 14.3. The summed E-state index contributed by atoms with van der Waals surface area (Å²) in [6.45, 7) is 0.581.